The van der Waals surface area contributed by atoms with Crippen LogP contribution in [0.25, 0.3) is 0 Å². The van der Waals surface area contributed by atoms with Crippen molar-refractivity contribution >= 4 is 26.5 Å². The summed E-state index contributed by atoms with van der Waals surface area (Å²) in [7, 11) is 5.95. The van der Waals surface area contributed by atoms with E-state index in [1.807, 2.05) is 0 Å². The van der Waals surface area contributed by atoms with Crippen LogP contribution in [0.3, 0.4) is 0 Å². The lowest BCUT2D eigenvalue weighted by Crippen LogP contribution is -2.55. The summed E-state index contributed by atoms with van der Waals surface area (Å²) in [4.78, 5) is 11.2. The predicted molar refractivity (Wildman–Crippen MR) is 77.7 cm³/mol. The van der Waals surface area contributed by atoms with E-state index < -0.39 is 24.4 Å². The Kier molecular flexibility index (Phi) is 10.7. The Morgan fingerprint density at radius 1 is 1.16 bits per heavy atom. The Balaban J connectivity index is 4.83. The van der Waals surface area contributed by atoms with Crippen molar-refractivity contribution in [3.63, 3.8) is 0 Å². The number of methoxy groups -OCH3 is 4. The van der Waals surface area contributed by atoms with Crippen molar-refractivity contribution in [3.8, 4) is 0 Å². The van der Waals surface area contributed by atoms with Crippen LogP contribution < -0.4 is 5.32 Å². The molecule has 4 unspecified atom stereocenters. The average Bonchev–Trinajstić information content (AvgIpc) is 2.36. The second kappa shape index (κ2) is 10.7. The predicted octanol–water partition coefficient (Wildman–Crippen LogP) is 0.183. The molecule has 4 atom stereocenters. The number of rotatable bonds is 10. The molecule has 0 aliphatic carbocycles. The number of carbonyl (C=O) groups is 1. The fourth-order valence-corrected chi connectivity index (χ4v) is 2.17. The van der Waals surface area contributed by atoms with Crippen molar-refractivity contribution in [2.24, 2.45) is 0 Å². The molecule has 0 fully saturated rings. The summed E-state index contributed by atoms with van der Waals surface area (Å²) >= 11 is 1.62. The van der Waals surface area contributed by atoms with Gasteiger partial charge in [-0.15, -0.1) is 0 Å². The molecule has 0 radical (unpaired) electrons. The van der Waals surface area contributed by atoms with Gasteiger partial charge >= 0.3 is 0 Å². The van der Waals surface area contributed by atoms with E-state index in [0.717, 1.165) is 0 Å². The quantitative estimate of drug-likeness (QED) is 0.314. The molecule has 0 aliphatic rings. The minimum atomic E-state index is -0.960. The van der Waals surface area contributed by atoms with Crippen molar-refractivity contribution in [3.05, 3.63) is 0 Å². The Bertz CT molecular complexity index is 255. The Morgan fingerprint density at radius 3 is 2.11 bits per heavy atom. The molecule has 7 nitrogen and oxygen atoms in total. The van der Waals surface area contributed by atoms with E-state index in [4.69, 9.17) is 18.9 Å². The molecule has 2 N–H and O–H groups in total. The lowest BCUT2D eigenvalue weighted by molar-refractivity contribution is -0.121. The number of nitrogens with one attached hydrogen (secondary N) is 1. The van der Waals surface area contributed by atoms with E-state index in [2.05, 4.69) is 5.32 Å². The summed E-state index contributed by atoms with van der Waals surface area (Å²) < 4.78 is 20.2. The molecular weight excluding hydrogens is 369 g/mol. The molecule has 0 aromatic rings. The molecule has 0 aromatic heterocycles. The minimum absolute atomic E-state index is 0.216. The first kappa shape index (κ1) is 19.0. The summed E-state index contributed by atoms with van der Waals surface area (Å²) in [6.07, 6.45) is -2.18. The summed E-state index contributed by atoms with van der Waals surface area (Å²) in [6.45, 7) is 0.434. The lowest BCUT2D eigenvalue weighted by Gasteiger charge is -2.33. The Hall–Kier alpha value is -0.0000000000000000971. The zero-order valence-electron chi connectivity index (χ0n) is 11.6. The van der Waals surface area contributed by atoms with E-state index in [-0.39, 0.29) is 17.1 Å². The average molecular weight is 391 g/mol. The number of hydrogen-bond donors (Lipinski definition) is 2. The van der Waals surface area contributed by atoms with Gasteiger partial charge in [0.15, 0.2) is 0 Å². The highest BCUT2D eigenvalue weighted by Crippen LogP contribution is 2.12. The SMILES string of the molecule is COCC(NC(=O)I)C(OC)C(O)C(COC)OC. The summed E-state index contributed by atoms with van der Waals surface area (Å²) in [6, 6.07) is -0.482. The largest absolute Gasteiger partial charge is 0.388 e. The highest BCUT2D eigenvalue weighted by molar-refractivity contribution is 14.1. The van der Waals surface area contributed by atoms with E-state index in [1.54, 1.807) is 22.6 Å². The summed E-state index contributed by atoms with van der Waals surface area (Å²) in [5, 5.41) is 12.9. The summed E-state index contributed by atoms with van der Waals surface area (Å²) in [5.74, 6) is 0. The summed E-state index contributed by atoms with van der Waals surface area (Å²) in [5.41, 5.74) is 0. The zero-order valence-corrected chi connectivity index (χ0v) is 13.7. The molecule has 1 amide bonds. The third kappa shape index (κ3) is 6.82. The fourth-order valence-electron chi connectivity index (χ4n) is 1.77. The maximum absolute atomic E-state index is 11.2. The third-order valence-corrected chi connectivity index (χ3v) is 2.98. The van der Waals surface area contributed by atoms with Crippen LogP contribution in [0, 0.1) is 0 Å². The molecule has 0 rings (SSSR count). The van der Waals surface area contributed by atoms with Crippen molar-refractivity contribution in [1.29, 1.82) is 0 Å². The highest BCUT2D eigenvalue weighted by atomic mass is 127. The van der Waals surface area contributed by atoms with Crippen molar-refractivity contribution in [2.45, 2.75) is 24.4 Å². The molecule has 114 valence electrons. The zero-order chi connectivity index (χ0) is 14.8. The Labute approximate surface area is 127 Å². The Morgan fingerprint density at radius 2 is 1.74 bits per heavy atom. The van der Waals surface area contributed by atoms with E-state index in [1.165, 1.54) is 28.4 Å². The molecular formula is C11H22INO6. The standard InChI is InChI=1S/C11H22INO6/c1-16-5-7(13-11(12)15)10(19-4)9(14)8(18-3)6-17-2/h7-10,14H,5-6H2,1-4H3,(H,13,15). The van der Waals surface area contributed by atoms with Gasteiger partial charge in [-0.2, -0.15) is 0 Å². The van der Waals surface area contributed by atoms with Gasteiger partial charge < -0.3 is 29.4 Å². The first-order valence-electron chi connectivity index (χ1n) is 5.69. The van der Waals surface area contributed by atoms with Crippen LogP contribution in [0.2, 0.25) is 0 Å². The number of carbonyl (C=O) groups excluding carboxylic acids is 1. The number of aliphatic hydroxyl groups is 1. The smallest absolute Gasteiger partial charge is 0.281 e. The van der Waals surface area contributed by atoms with Crippen LogP contribution in [0.15, 0.2) is 0 Å². The molecule has 19 heavy (non-hydrogen) atoms. The molecule has 0 bridgehead atoms. The van der Waals surface area contributed by atoms with Gasteiger partial charge in [0.2, 0.25) is 0 Å². The van der Waals surface area contributed by atoms with E-state index >= 15 is 0 Å². The van der Waals surface area contributed by atoms with Crippen LogP contribution in [-0.2, 0) is 18.9 Å². The molecule has 0 aliphatic heterocycles. The topological polar surface area (TPSA) is 86.3 Å². The van der Waals surface area contributed by atoms with Crippen molar-refractivity contribution in [1.82, 2.24) is 5.32 Å². The van der Waals surface area contributed by atoms with Gasteiger partial charge in [0.05, 0.1) is 19.3 Å². The van der Waals surface area contributed by atoms with Crippen molar-refractivity contribution < 1.29 is 28.8 Å². The van der Waals surface area contributed by atoms with Crippen LogP contribution in [0.1, 0.15) is 0 Å². The number of halogens is 1. The van der Waals surface area contributed by atoms with Gasteiger partial charge in [0, 0.05) is 51.0 Å². The molecule has 0 saturated heterocycles. The van der Waals surface area contributed by atoms with E-state index in [9.17, 15) is 9.90 Å². The van der Waals surface area contributed by atoms with Gasteiger partial charge in [-0.1, -0.05) is 0 Å². The lowest BCUT2D eigenvalue weighted by atomic mass is 10.0. The normalized spacial score (nSPS) is 17.6. The molecule has 0 heterocycles. The van der Waals surface area contributed by atoms with E-state index in [0.29, 0.717) is 0 Å². The number of ether oxygens (including phenoxy) is 4. The van der Waals surface area contributed by atoms with Crippen molar-refractivity contribution in [2.75, 3.05) is 41.7 Å². The molecule has 0 saturated carbocycles. The van der Waals surface area contributed by atoms with Crippen LogP contribution >= 0.6 is 22.6 Å². The highest BCUT2D eigenvalue weighted by Gasteiger charge is 2.34. The van der Waals surface area contributed by atoms with Crippen LogP contribution in [0.4, 0.5) is 4.79 Å². The van der Waals surface area contributed by atoms with Gasteiger partial charge in [-0.05, 0) is 0 Å². The van der Waals surface area contributed by atoms with Gasteiger partial charge in [0.1, 0.15) is 18.3 Å². The second-order valence-corrected chi connectivity index (χ2v) is 4.88. The fraction of sp³-hybridized carbons (Fsp3) is 0.909. The first-order valence-corrected chi connectivity index (χ1v) is 6.77. The van der Waals surface area contributed by atoms with Crippen LogP contribution in [-0.4, -0.2) is 75.0 Å². The third-order valence-electron chi connectivity index (χ3n) is 2.67. The minimum Gasteiger partial charge on any atom is -0.388 e. The van der Waals surface area contributed by atoms with Crippen LogP contribution in [0.5, 0.6) is 0 Å². The molecule has 0 aromatic carbocycles. The molecule has 0 spiro atoms. The van der Waals surface area contributed by atoms with Gasteiger partial charge in [0.25, 0.3) is 3.91 Å². The number of aliphatic hydroxyl groups excluding tert-OH is 1. The number of amides is 1. The van der Waals surface area contributed by atoms with Gasteiger partial charge in [-0.3, -0.25) is 4.79 Å². The molecule has 8 heteroatoms. The maximum atomic E-state index is 11.2. The maximum Gasteiger partial charge on any atom is 0.281 e. The monoisotopic (exact) mass is 391 g/mol. The second-order valence-electron chi connectivity index (χ2n) is 3.90. The first-order chi connectivity index (χ1) is 9.01. The van der Waals surface area contributed by atoms with Gasteiger partial charge in [-0.25, -0.2) is 0 Å². The number of hydrogen-bond acceptors (Lipinski definition) is 6.